The Labute approximate surface area is 199 Å². The van der Waals surface area contributed by atoms with Crippen molar-refractivity contribution in [3.05, 3.63) is 95.2 Å². The first kappa shape index (κ1) is 24.3. The number of thiol groups is 1. The van der Waals surface area contributed by atoms with E-state index in [9.17, 15) is 14.7 Å². The fourth-order valence-corrected chi connectivity index (χ4v) is 4.09. The molecule has 0 aliphatic heterocycles. The van der Waals surface area contributed by atoms with E-state index in [-0.39, 0.29) is 11.2 Å². The highest BCUT2D eigenvalue weighted by atomic mass is 32.1. The van der Waals surface area contributed by atoms with Gasteiger partial charge in [-0.15, -0.1) is 0 Å². The van der Waals surface area contributed by atoms with Crippen molar-refractivity contribution in [1.82, 2.24) is 9.88 Å². The average Bonchev–Trinajstić information content (AvgIpc) is 2.82. The highest BCUT2D eigenvalue weighted by Crippen LogP contribution is 2.22. The number of aromatic nitrogens is 1. The first-order chi connectivity index (χ1) is 15.8. The molecule has 0 fully saturated rings. The van der Waals surface area contributed by atoms with E-state index in [4.69, 9.17) is 5.73 Å². The molecule has 0 bridgehead atoms. The van der Waals surface area contributed by atoms with Gasteiger partial charge >= 0.3 is 5.97 Å². The van der Waals surface area contributed by atoms with E-state index in [1.807, 2.05) is 48.5 Å². The van der Waals surface area contributed by atoms with Crippen LogP contribution in [0.25, 0.3) is 0 Å². The van der Waals surface area contributed by atoms with Crippen molar-refractivity contribution >= 4 is 30.3 Å². The van der Waals surface area contributed by atoms with Crippen molar-refractivity contribution in [2.24, 2.45) is 5.92 Å². The molecule has 172 valence electrons. The van der Waals surface area contributed by atoms with Crippen LogP contribution in [0.15, 0.2) is 72.9 Å². The van der Waals surface area contributed by atoms with Crippen LogP contribution in [0.3, 0.4) is 0 Å². The van der Waals surface area contributed by atoms with Crippen LogP contribution < -0.4 is 5.73 Å². The van der Waals surface area contributed by atoms with Crippen molar-refractivity contribution in [3.8, 4) is 0 Å². The quantitative estimate of drug-likeness (QED) is 0.393. The summed E-state index contributed by atoms with van der Waals surface area (Å²) in [4.78, 5) is 30.5. The molecule has 0 spiro atoms. The molecule has 0 aliphatic rings. The first-order valence-corrected chi connectivity index (χ1v) is 11.3. The lowest BCUT2D eigenvalue weighted by Gasteiger charge is -2.20. The minimum Gasteiger partial charge on any atom is -0.481 e. The molecular weight excluding hydrogens is 434 g/mol. The highest BCUT2D eigenvalue weighted by Gasteiger charge is 2.26. The Bertz CT molecular complexity index is 1070. The molecule has 0 saturated heterocycles. The number of carboxylic acids is 1. The molecule has 7 heteroatoms. The summed E-state index contributed by atoms with van der Waals surface area (Å²) >= 11 is 4.60. The summed E-state index contributed by atoms with van der Waals surface area (Å²) in [5, 5.41) is 9.36. The molecular formula is C26H29N3O3S. The molecule has 0 aliphatic carbocycles. The van der Waals surface area contributed by atoms with Crippen LogP contribution in [0.1, 0.15) is 33.5 Å². The summed E-state index contributed by atoms with van der Waals surface area (Å²) in [7, 11) is 1.79. The van der Waals surface area contributed by atoms with Crippen LogP contribution in [-0.4, -0.2) is 39.2 Å². The minimum absolute atomic E-state index is 0.0533. The Morgan fingerprint density at radius 1 is 1.03 bits per heavy atom. The number of nitrogens with zero attached hydrogens (tertiary/aromatic N) is 2. The number of nitrogen functional groups attached to an aromatic ring is 1. The van der Waals surface area contributed by atoms with Crippen molar-refractivity contribution in [3.63, 3.8) is 0 Å². The van der Waals surface area contributed by atoms with Crippen LogP contribution in [0.2, 0.25) is 0 Å². The van der Waals surface area contributed by atoms with Crippen LogP contribution >= 0.6 is 12.6 Å². The smallest absolute Gasteiger partial charge is 0.307 e. The second-order valence-electron chi connectivity index (χ2n) is 8.19. The van der Waals surface area contributed by atoms with Gasteiger partial charge in [0, 0.05) is 30.6 Å². The van der Waals surface area contributed by atoms with Crippen molar-refractivity contribution in [1.29, 1.82) is 0 Å². The summed E-state index contributed by atoms with van der Waals surface area (Å²) in [5.74, 6) is -1.20. The largest absolute Gasteiger partial charge is 0.481 e. The van der Waals surface area contributed by atoms with E-state index < -0.39 is 11.9 Å². The number of hydrogen-bond donors (Lipinski definition) is 3. The molecule has 33 heavy (non-hydrogen) atoms. The lowest BCUT2D eigenvalue weighted by molar-refractivity contribution is -0.141. The summed E-state index contributed by atoms with van der Waals surface area (Å²) in [6, 6.07) is 20.8. The zero-order valence-corrected chi connectivity index (χ0v) is 19.5. The molecule has 3 N–H and O–H groups in total. The number of rotatable bonds is 10. The topological polar surface area (TPSA) is 96.5 Å². The Morgan fingerprint density at radius 3 is 2.42 bits per heavy atom. The van der Waals surface area contributed by atoms with Crippen molar-refractivity contribution in [2.75, 3.05) is 12.8 Å². The third-order valence-electron chi connectivity index (χ3n) is 5.60. The number of nitrogens with two attached hydrogens (primary N) is 1. The molecule has 0 radical (unpaired) electrons. The Morgan fingerprint density at radius 2 is 1.76 bits per heavy atom. The highest BCUT2D eigenvalue weighted by molar-refractivity contribution is 7.81. The number of aryl methyl sites for hydroxylation is 1. The molecule has 2 aromatic carbocycles. The van der Waals surface area contributed by atoms with E-state index in [2.05, 4.69) is 17.6 Å². The van der Waals surface area contributed by atoms with Crippen LogP contribution in [-0.2, 0) is 24.2 Å². The fourth-order valence-electron chi connectivity index (χ4n) is 3.72. The van der Waals surface area contributed by atoms with Gasteiger partial charge in [-0.05, 0) is 54.2 Å². The second kappa shape index (κ2) is 11.5. The van der Waals surface area contributed by atoms with Crippen LogP contribution in [0, 0.1) is 5.92 Å². The summed E-state index contributed by atoms with van der Waals surface area (Å²) in [6.07, 6.45) is 3.13. The lowest BCUT2D eigenvalue weighted by atomic mass is 9.93. The molecule has 3 aromatic rings. The van der Waals surface area contributed by atoms with Gasteiger partial charge < -0.3 is 15.7 Å². The Kier molecular flexibility index (Phi) is 8.49. The summed E-state index contributed by atoms with van der Waals surface area (Å²) in [6.45, 7) is 0.531. The van der Waals surface area contributed by atoms with Gasteiger partial charge in [0.15, 0.2) is 0 Å². The third kappa shape index (κ3) is 7.08. The van der Waals surface area contributed by atoms with Gasteiger partial charge in [-0.1, -0.05) is 48.5 Å². The summed E-state index contributed by atoms with van der Waals surface area (Å²) < 4.78 is 0. The predicted octanol–water partition coefficient (Wildman–Crippen LogP) is 4.11. The maximum Gasteiger partial charge on any atom is 0.307 e. The maximum atomic E-state index is 12.9. The SMILES string of the molecule is CN(Cc1ccccc1)C(=O)c1cccc(CCC(S)C(Cc2ccc(N)nc2)C(=O)O)c1. The fraction of sp³-hybridized carbons (Fsp3) is 0.269. The number of pyridine rings is 1. The molecule has 1 amide bonds. The first-order valence-electron chi connectivity index (χ1n) is 10.8. The molecule has 0 saturated carbocycles. The summed E-state index contributed by atoms with van der Waals surface area (Å²) in [5.41, 5.74) is 9.08. The standard InChI is InChI=1S/C26H29N3O3S/c1-29(17-19-6-3-2-4-7-19)25(30)21-9-5-8-18(14-21)10-12-23(33)22(26(31)32)15-20-11-13-24(27)28-16-20/h2-9,11,13-14,16,22-23,33H,10,12,15,17H2,1H3,(H2,27,28)(H,31,32). The predicted molar refractivity (Wildman–Crippen MR) is 133 cm³/mol. The van der Waals surface area contributed by atoms with Gasteiger partial charge in [-0.25, -0.2) is 4.98 Å². The Hall–Kier alpha value is -3.32. The zero-order chi connectivity index (χ0) is 23.8. The van der Waals surface area contributed by atoms with Gasteiger partial charge in [0.05, 0.1) is 5.92 Å². The molecule has 3 rings (SSSR count). The average molecular weight is 464 g/mol. The lowest BCUT2D eigenvalue weighted by Crippen LogP contribution is -2.27. The molecule has 1 aromatic heterocycles. The van der Waals surface area contributed by atoms with Gasteiger partial charge in [0.25, 0.3) is 5.91 Å². The van der Waals surface area contributed by atoms with Crippen molar-refractivity contribution in [2.45, 2.75) is 31.1 Å². The van der Waals surface area contributed by atoms with E-state index >= 15 is 0 Å². The third-order valence-corrected chi connectivity index (χ3v) is 6.21. The molecule has 2 atom stereocenters. The number of carbonyl (C=O) groups is 2. The van der Waals surface area contributed by atoms with Crippen LogP contribution in [0.5, 0.6) is 0 Å². The number of benzene rings is 2. The second-order valence-corrected chi connectivity index (χ2v) is 8.86. The van der Waals surface area contributed by atoms with Gasteiger partial charge in [-0.2, -0.15) is 12.6 Å². The Balaban J connectivity index is 1.61. The number of carbonyl (C=O) groups excluding carboxylic acids is 1. The number of carboxylic acid groups (broad SMARTS) is 1. The van der Waals surface area contributed by atoms with Gasteiger partial charge in [0.2, 0.25) is 0 Å². The normalized spacial score (nSPS) is 12.7. The zero-order valence-electron chi connectivity index (χ0n) is 18.6. The van der Waals surface area contributed by atoms with E-state index in [0.29, 0.717) is 37.2 Å². The molecule has 2 unspecified atom stereocenters. The van der Waals surface area contributed by atoms with Crippen LogP contribution in [0.4, 0.5) is 5.82 Å². The number of hydrogen-bond acceptors (Lipinski definition) is 5. The minimum atomic E-state index is -0.890. The number of anilines is 1. The maximum absolute atomic E-state index is 12.9. The van der Waals surface area contributed by atoms with Gasteiger partial charge in [-0.3, -0.25) is 9.59 Å². The molecule has 6 nitrogen and oxygen atoms in total. The van der Waals surface area contributed by atoms with Crippen molar-refractivity contribution < 1.29 is 14.7 Å². The van der Waals surface area contributed by atoms with E-state index in [1.54, 1.807) is 36.3 Å². The van der Waals surface area contributed by atoms with Gasteiger partial charge in [0.1, 0.15) is 5.82 Å². The number of aliphatic carboxylic acids is 1. The number of amides is 1. The van der Waals surface area contributed by atoms with E-state index in [0.717, 1.165) is 16.7 Å². The monoisotopic (exact) mass is 463 g/mol. The van der Waals surface area contributed by atoms with E-state index in [1.165, 1.54) is 0 Å². The molecule has 1 heterocycles.